The second-order valence-electron chi connectivity index (χ2n) is 6.14. The number of rotatable bonds is 8. The van der Waals surface area contributed by atoms with E-state index < -0.39 is 6.04 Å². The molecule has 0 unspecified atom stereocenters. The normalized spacial score (nSPS) is 13.1. The molecule has 0 spiro atoms. The van der Waals surface area contributed by atoms with Crippen LogP contribution < -0.4 is 10.6 Å². The van der Waals surface area contributed by atoms with E-state index in [4.69, 9.17) is 4.74 Å². The van der Waals surface area contributed by atoms with Crippen LogP contribution in [0.1, 0.15) is 35.8 Å². The predicted molar refractivity (Wildman–Crippen MR) is 97.5 cm³/mol. The Morgan fingerprint density at radius 2 is 1.84 bits per heavy atom. The number of carbonyl (C=O) groups excluding carboxylic acids is 2. The summed E-state index contributed by atoms with van der Waals surface area (Å²) in [5.74, 6) is -0.161. The lowest BCUT2D eigenvalue weighted by atomic mass is 10.0. The minimum absolute atomic E-state index is 0.0315. The zero-order valence-corrected chi connectivity index (χ0v) is 14.9. The van der Waals surface area contributed by atoms with Gasteiger partial charge in [0.25, 0.3) is 5.91 Å². The molecule has 0 saturated heterocycles. The van der Waals surface area contributed by atoms with Crippen LogP contribution in [0.5, 0.6) is 0 Å². The smallest absolute Gasteiger partial charge is 0.287 e. The number of hydrogen-bond donors (Lipinski definition) is 2. The Labute approximate surface area is 148 Å². The monoisotopic (exact) mass is 341 g/mol. The molecule has 5 nitrogen and oxygen atoms in total. The summed E-state index contributed by atoms with van der Waals surface area (Å²) in [6, 6.07) is 16.3. The number of methoxy groups -OCH3 is 1. The molecule has 0 aliphatic rings. The number of hydrogen-bond acceptors (Lipinski definition) is 3. The first-order valence-corrected chi connectivity index (χ1v) is 8.32. The minimum Gasteiger partial charge on any atom is -0.379 e. The molecule has 0 bridgehead atoms. The van der Waals surface area contributed by atoms with Crippen LogP contribution in [0, 0.1) is 0 Å². The van der Waals surface area contributed by atoms with Gasteiger partial charge >= 0.3 is 0 Å². The summed E-state index contributed by atoms with van der Waals surface area (Å²) >= 11 is 0. The van der Waals surface area contributed by atoms with Gasteiger partial charge < -0.3 is 15.4 Å². The topological polar surface area (TPSA) is 72.0 Å². The molecule has 132 valence electrons. The second-order valence-corrected chi connectivity index (χ2v) is 6.14. The van der Waals surface area contributed by atoms with Gasteiger partial charge in [0.05, 0.1) is 6.61 Å². The maximum absolute atomic E-state index is 12.9. The molecule has 0 heterocycles. The fourth-order valence-electron chi connectivity index (χ4n) is 2.69. The molecule has 0 saturated carbocycles. The van der Waals surface area contributed by atoms with Crippen LogP contribution in [-0.2, 0) is 9.53 Å². The third kappa shape index (κ3) is 5.52. The third-order valence-electron chi connectivity index (χ3n) is 3.93. The molecule has 3 N–H and O–H groups in total. The van der Waals surface area contributed by atoms with Crippen LogP contribution in [-0.4, -0.2) is 31.4 Å². The number of benzene rings is 2. The Hall–Kier alpha value is -2.50. The maximum Gasteiger partial charge on any atom is 0.287 e. The van der Waals surface area contributed by atoms with Crippen molar-refractivity contribution in [2.75, 3.05) is 19.0 Å². The van der Waals surface area contributed by atoms with Crippen molar-refractivity contribution in [3.8, 4) is 0 Å². The summed E-state index contributed by atoms with van der Waals surface area (Å²) in [6.45, 7) is 4.08. The van der Waals surface area contributed by atoms with Crippen LogP contribution in [0.3, 0.4) is 0 Å². The number of quaternary nitrogens is 1. The molecular weight excluding hydrogens is 316 g/mol. The van der Waals surface area contributed by atoms with Gasteiger partial charge in [-0.15, -0.1) is 0 Å². The van der Waals surface area contributed by atoms with Gasteiger partial charge in [0, 0.05) is 23.9 Å². The summed E-state index contributed by atoms with van der Waals surface area (Å²) in [5, 5.41) is 4.91. The lowest BCUT2D eigenvalue weighted by Crippen LogP contribution is -2.92. The number of nitrogens with two attached hydrogens (primary N) is 1. The van der Waals surface area contributed by atoms with Crippen molar-refractivity contribution in [1.82, 2.24) is 0 Å². The quantitative estimate of drug-likeness (QED) is 0.723. The Morgan fingerprint density at radius 1 is 1.12 bits per heavy atom. The summed E-state index contributed by atoms with van der Waals surface area (Å²) < 4.78 is 5.18. The lowest BCUT2D eigenvalue weighted by molar-refractivity contribution is -0.713. The molecule has 0 aromatic heterocycles. The second kappa shape index (κ2) is 9.11. The molecule has 1 amide bonds. The number of ether oxygens (including phenoxy) is 1. The summed E-state index contributed by atoms with van der Waals surface area (Å²) in [5.41, 5.74) is 2.11. The molecule has 2 rings (SSSR count). The summed E-state index contributed by atoms with van der Waals surface area (Å²) in [4.78, 5) is 24.4. The van der Waals surface area contributed by atoms with E-state index in [2.05, 4.69) is 5.32 Å². The van der Waals surface area contributed by atoms with Crippen LogP contribution in [0.25, 0.3) is 0 Å². The molecule has 5 heteroatoms. The van der Waals surface area contributed by atoms with E-state index >= 15 is 0 Å². The van der Waals surface area contributed by atoms with Gasteiger partial charge in [-0.25, -0.2) is 0 Å². The first kappa shape index (κ1) is 18.8. The van der Waals surface area contributed by atoms with E-state index in [1.807, 2.05) is 42.6 Å². The van der Waals surface area contributed by atoms with E-state index in [1.165, 1.54) is 6.92 Å². The standard InChI is InChI=1S/C20H24N2O3/c1-14(13-25-3)21-19(16-8-5-4-6-9-16)20(24)22-18-11-7-10-17(12-18)15(2)23/h4-12,14,19,21H,13H2,1-3H3,(H,22,24)/p+1/t14-,19-/m0/s1. The highest BCUT2D eigenvalue weighted by molar-refractivity contribution is 5.98. The molecule has 0 fully saturated rings. The average molecular weight is 341 g/mol. The number of amides is 1. The molecule has 0 aliphatic carbocycles. The fourth-order valence-corrected chi connectivity index (χ4v) is 2.69. The summed E-state index contributed by atoms with van der Waals surface area (Å²) in [6.07, 6.45) is 0. The van der Waals surface area contributed by atoms with Gasteiger partial charge in [0.1, 0.15) is 6.04 Å². The van der Waals surface area contributed by atoms with Crippen molar-refractivity contribution in [3.63, 3.8) is 0 Å². The van der Waals surface area contributed by atoms with Gasteiger partial charge in [-0.1, -0.05) is 42.5 Å². The first-order chi connectivity index (χ1) is 12.0. The largest absolute Gasteiger partial charge is 0.379 e. The SMILES string of the molecule is COC[C@H](C)[NH2+][C@H](C(=O)Nc1cccc(C(C)=O)c1)c1ccccc1. The number of Topliss-reactive ketones (excluding diaryl/α,β-unsaturated/α-hetero) is 1. The van der Waals surface area contributed by atoms with Crippen molar-refractivity contribution in [1.29, 1.82) is 0 Å². The zero-order chi connectivity index (χ0) is 18.2. The van der Waals surface area contributed by atoms with E-state index in [9.17, 15) is 9.59 Å². The Kier molecular flexibility index (Phi) is 6.86. The molecule has 2 aromatic carbocycles. The van der Waals surface area contributed by atoms with Crippen LogP contribution >= 0.6 is 0 Å². The van der Waals surface area contributed by atoms with Gasteiger partial charge in [0.2, 0.25) is 0 Å². The lowest BCUT2D eigenvalue weighted by Gasteiger charge is -2.20. The molecule has 25 heavy (non-hydrogen) atoms. The van der Waals surface area contributed by atoms with Gasteiger partial charge in [-0.2, -0.15) is 0 Å². The van der Waals surface area contributed by atoms with Crippen LogP contribution in [0.15, 0.2) is 54.6 Å². The van der Waals surface area contributed by atoms with E-state index in [1.54, 1.807) is 31.4 Å². The van der Waals surface area contributed by atoms with Crippen molar-refractivity contribution in [3.05, 3.63) is 65.7 Å². The Balaban J connectivity index is 2.20. The number of carbonyl (C=O) groups is 2. The number of nitrogens with one attached hydrogen (secondary N) is 1. The fraction of sp³-hybridized carbons (Fsp3) is 0.300. The summed E-state index contributed by atoms with van der Waals surface area (Å²) in [7, 11) is 1.65. The van der Waals surface area contributed by atoms with Crippen molar-refractivity contribution >= 4 is 17.4 Å². The van der Waals surface area contributed by atoms with Crippen molar-refractivity contribution in [2.24, 2.45) is 0 Å². The van der Waals surface area contributed by atoms with Gasteiger partial charge in [-0.3, -0.25) is 9.59 Å². The van der Waals surface area contributed by atoms with E-state index in [-0.39, 0.29) is 17.7 Å². The Morgan fingerprint density at radius 3 is 2.48 bits per heavy atom. The van der Waals surface area contributed by atoms with Crippen molar-refractivity contribution < 1.29 is 19.6 Å². The Bertz CT molecular complexity index is 716. The predicted octanol–water partition coefficient (Wildman–Crippen LogP) is 2.17. The number of ketones is 1. The van der Waals surface area contributed by atoms with Crippen molar-refractivity contribution in [2.45, 2.75) is 25.9 Å². The van der Waals surface area contributed by atoms with E-state index in [0.717, 1.165) is 5.56 Å². The first-order valence-electron chi connectivity index (χ1n) is 8.32. The van der Waals surface area contributed by atoms with Gasteiger partial charge in [0.15, 0.2) is 11.8 Å². The molecular formula is C20H25N2O3+. The molecule has 0 radical (unpaired) electrons. The molecule has 0 aliphatic heterocycles. The van der Waals surface area contributed by atoms with Crippen LogP contribution in [0.2, 0.25) is 0 Å². The highest BCUT2D eigenvalue weighted by Gasteiger charge is 2.26. The third-order valence-corrected chi connectivity index (χ3v) is 3.93. The maximum atomic E-state index is 12.9. The van der Waals surface area contributed by atoms with E-state index in [0.29, 0.717) is 17.9 Å². The van der Waals surface area contributed by atoms with Gasteiger partial charge in [-0.05, 0) is 26.0 Å². The van der Waals surface area contributed by atoms with Crippen LogP contribution in [0.4, 0.5) is 5.69 Å². The minimum atomic E-state index is -0.396. The highest BCUT2D eigenvalue weighted by Crippen LogP contribution is 2.15. The molecule has 2 atom stereocenters. The highest BCUT2D eigenvalue weighted by atomic mass is 16.5. The number of anilines is 1. The molecule has 2 aromatic rings. The average Bonchev–Trinajstić information content (AvgIpc) is 2.61. The zero-order valence-electron chi connectivity index (χ0n) is 14.9.